The highest BCUT2D eigenvalue weighted by molar-refractivity contribution is 5.23. The van der Waals surface area contributed by atoms with Crippen LogP contribution in [-0.4, -0.2) is 10.1 Å². The molecule has 0 amide bonds. The Kier molecular flexibility index (Phi) is 2.77. The van der Waals surface area contributed by atoms with E-state index in [1.807, 2.05) is 0 Å². The van der Waals surface area contributed by atoms with Crippen LogP contribution in [0.1, 0.15) is 23.4 Å². The highest BCUT2D eigenvalue weighted by atomic mass is 19.3. The van der Waals surface area contributed by atoms with Crippen LogP contribution in [0.25, 0.3) is 0 Å². The maximum Gasteiger partial charge on any atom is 0.269 e. The Morgan fingerprint density at radius 3 is 2.62 bits per heavy atom. The van der Waals surface area contributed by atoms with E-state index < -0.39 is 17.4 Å². The van der Waals surface area contributed by atoms with Gasteiger partial charge in [0.1, 0.15) is 0 Å². The molecule has 0 fully saturated rings. The Hall–Kier alpha value is -1.23. The van der Waals surface area contributed by atoms with E-state index in [1.165, 1.54) is 6.92 Å². The lowest BCUT2D eigenvalue weighted by molar-refractivity contribution is 0.148. The number of halogens is 2. The molecule has 0 aromatic carbocycles. The van der Waals surface area contributed by atoms with Crippen LogP contribution < -0.4 is 5.43 Å². The van der Waals surface area contributed by atoms with Crippen molar-refractivity contribution in [3.8, 4) is 0 Å². The first-order valence-electron chi connectivity index (χ1n) is 3.68. The summed E-state index contributed by atoms with van der Waals surface area (Å²) in [6.07, 6.45) is -2.78. The number of hydrogen-bond donors (Lipinski definition) is 2. The molecule has 72 valence electrons. The molecule has 0 aliphatic heterocycles. The topological polar surface area (TPSA) is 53.1 Å². The molecule has 0 unspecified atom stereocenters. The van der Waals surface area contributed by atoms with E-state index in [-0.39, 0.29) is 18.0 Å². The average molecular weight is 189 g/mol. The highest BCUT2D eigenvalue weighted by Gasteiger charge is 2.15. The second kappa shape index (κ2) is 3.66. The zero-order chi connectivity index (χ0) is 10.0. The number of nitrogens with one attached hydrogen (secondary N) is 1. The summed E-state index contributed by atoms with van der Waals surface area (Å²) in [5.41, 5.74) is -0.925. The monoisotopic (exact) mass is 189 g/mol. The number of H-pyrrole nitrogens is 1. The number of aliphatic hydroxyl groups excluding tert-OH is 1. The number of aromatic nitrogens is 1. The van der Waals surface area contributed by atoms with Gasteiger partial charge in [-0.1, -0.05) is 0 Å². The Balaban J connectivity index is 3.32. The standard InChI is InChI=1S/C8H9F2NO2/c1-4-7(8(9)10)6(13)2-5(3-12)11-4/h2,8,12H,3H2,1H3,(H,11,13). The van der Waals surface area contributed by atoms with Crippen molar-refractivity contribution >= 4 is 0 Å². The normalized spacial score (nSPS) is 10.8. The molecule has 0 atom stereocenters. The minimum Gasteiger partial charge on any atom is -0.390 e. The fraction of sp³-hybridized carbons (Fsp3) is 0.375. The zero-order valence-corrected chi connectivity index (χ0v) is 6.97. The van der Waals surface area contributed by atoms with E-state index >= 15 is 0 Å². The van der Waals surface area contributed by atoms with Crippen LogP contribution in [0.3, 0.4) is 0 Å². The summed E-state index contributed by atoms with van der Waals surface area (Å²) in [6.45, 7) is 1.02. The summed E-state index contributed by atoms with van der Waals surface area (Å²) >= 11 is 0. The van der Waals surface area contributed by atoms with E-state index in [4.69, 9.17) is 5.11 Å². The number of pyridine rings is 1. The summed E-state index contributed by atoms with van der Waals surface area (Å²) in [6, 6.07) is 0.981. The lowest BCUT2D eigenvalue weighted by atomic mass is 10.2. The van der Waals surface area contributed by atoms with E-state index in [9.17, 15) is 13.6 Å². The fourth-order valence-corrected chi connectivity index (χ4v) is 1.12. The predicted octanol–water partition coefficient (Wildman–Crippen LogP) is 1.11. The van der Waals surface area contributed by atoms with Crippen LogP contribution in [0, 0.1) is 6.92 Å². The SMILES string of the molecule is Cc1[nH]c(CO)cc(=O)c1C(F)F. The lowest BCUT2D eigenvalue weighted by Crippen LogP contribution is -2.14. The molecule has 1 aromatic rings. The first kappa shape index (κ1) is 9.85. The maximum absolute atomic E-state index is 12.2. The van der Waals surface area contributed by atoms with Gasteiger partial charge in [-0.25, -0.2) is 8.78 Å². The van der Waals surface area contributed by atoms with Crippen molar-refractivity contribution in [2.45, 2.75) is 20.0 Å². The molecule has 0 aliphatic rings. The Labute approximate surface area is 73.0 Å². The van der Waals surface area contributed by atoms with Gasteiger partial charge in [0.2, 0.25) is 0 Å². The Bertz CT molecular complexity index is 360. The molecule has 2 N–H and O–H groups in total. The highest BCUT2D eigenvalue weighted by Crippen LogP contribution is 2.17. The number of rotatable bonds is 2. The quantitative estimate of drug-likeness (QED) is 0.732. The minimum absolute atomic E-state index is 0.103. The third kappa shape index (κ3) is 1.92. The van der Waals surface area contributed by atoms with E-state index in [2.05, 4.69) is 4.98 Å². The Morgan fingerprint density at radius 1 is 1.62 bits per heavy atom. The van der Waals surface area contributed by atoms with Gasteiger partial charge in [0.15, 0.2) is 5.43 Å². The molecule has 3 nitrogen and oxygen atoms in total. The van der Waals surface area contributed by atoms with Crippen molar-refractivity contribution in [2.75, 3.05) is 0 Å². The van der Waals surface area contributed by atoms with Gasteiger partial charge in [-0.15, -0.1) is 0 Å². The smallest absolute Gasteiger partial charge is 0.269 e. The van der Waals surface area contributed by atoms with Gasteiger partial charge in [-0.05, 0) is 6.92 Å². The van der Waals surface area contributed by atoms with Crippen molar-refractivity contribution < 1.29 is 13.9 Å². The predicted molar refractivity (Wildman–Crippen MR) is 42.7 cm³/mol. The van der Waals surface area contributed by atoms with Gasteiger partial charge in [-0.2, -0.15) is 0 Å². The van der Waals surface area contributed by atoms with E-state index in [0.29, 0.717) is 0 Å². The fourth-order valence-electron chi connectivity index (χ4n) is 1.12. The third-order valence-electron chi connectivity index (χ3n) is 1.71. The van der Waals surface area contributed by atoms with Crippen LogP contribution in [0.15, 0.2) is 10.9 Å². The number of hydrogen-bond acceptors (Lipinski definition) is 2. The zero-order valence-electron chi connectivity index (χ0n) is 6.97. The van der Waals surface area contributed by atoms with Crippen molar-refractivity contribution in [1.29, 1.82) is 0 Å². The van der Waals surface area contributed by atoms with Gasteiger partial charge in [0.25, 0.3) is 6.43 Å². The maximum atomic E-state index is 12.2. The molecule has 0 radical (unpaired) electrons. The molecule has 0 bridgehead atoms. The summed E-state index contributed by atoms with van der Waals surface area (Å²) in [7, 11) is 0. The van der Waals surface area contributed by atoms with Gasteiger partial charge < -0.3 is 10.1 Å². The first-order valence-corrected chi connectivity index (χ1v) is 3.68. The number of aryl methyl sites for hydroxylation is 1. The van der Waals surface area contributed by atoms with E-state index in [0.717, 1.165) is 6.07 Å². The summed E-state index contributed by atoms with van der Waals surface area (Å²) in [5, 5.41) is 8.66. The molecule has 0 saturated carbocycles. The van der Waals surface area contributed by atoms with Crippen molar-refractivity contribution in [2.24, 2.45) is 0 Å². The van der Waals surface area contributed by atoms with Gasteiger partial charge in [0.05, 0.1) is 12.2 Å². The molecular formula is C8H9F2NO2. The summed E-state index contributed by atoms with van der Waals surface area (Å²) in [4.78, 5) is 13.6. The molecule has 1 heterocycles. The molecule has 1 aromatic heterocycles. The molecule has 13 heavy (non-hydrogen) atoms. The molecule has 0 spiro atoms. The number of alkyl halides is 2. The molecule has 0 aliphatic carbocycles. The molecule has 1 rings (SSSR count). The second-order valence-corrected chi connectivity index (χ2v) is 2.66. The largest absolute Gasteiger partial charge is 0.390 e. The third-order valence-corrected chi connectivity index (χ3v) is 1.71. The summed E-state index contributed by atoms with van der Waals surface area (Å²) < 4.78 is 24.5. The second-order valence-electron chi connectivity index (χ2n) is 2.66. The Morgan fingerprint density at radius 2 is 2.23 bits per heavy atom. The number of aliphatic hydroxyl groups is 1. The van der Waals surface area contributed by atoms with Gasteiger partial charge >= 0.3 is 0 Å². The summed E-state index contributed by atoms with van der Waals surface area (Å²) in [5.74, 6) is 0. The van der Waals surface area contributed by atoms with Crippen LogP contribution >= 0.6 is 0 Å². The molecule has 5 heteroatoms. The van der Waals surface area contributed by atoms with Crippen molar-refractivity contribution in [3.63, 3.8) is 0 Å². The minimum atomic E-state index is -2.78. The van der Waals surface area contributed by atoms with Crippen LogP contribution in [0.2, 0.25) is 0 Å². The lowest BCUT2D eigenvalue weighted by Gasteiger charge is -2.05. The van der Waals surface area contributed by atoms with Gasteiger partial charge in [0, 0.05) is 17.5 Å². The first-order chi connectivity index (χ1) is 6.06. The molecule has 0 saturated heterocycles. The van der Waals surface area contributed by atoms with Crippen molar-refractivity contribution in [1.82, 2.24) is 4.98 Å². The number of aromatic amines is 1. The molecular weight excluding hydrogens is 180 g/mol. The van der Waals surface area contributed by atoms with Crippen LogP contribution in [0.4, 0.5) is 8.78 Å². The average Bonchev–Trinajstić information content (AvgIpc) is 2.02. The van der Waals surface area contributed by atoms with Crippen LogP contribution in [0.5, 0.6) is 0 Å². The van der Waals surface area contributed by atoms with Gasteiger partial charge in [-0.3, -0.25) is 4.79 Å². The van der Waals surface area contributed by atoms with Crippen molar-refractivity contribution in [3.05, 3.63) is 33.2 Å². The van der Waals surface area contributed by atoms with E-state index in [1.54, 1.807) is 0 Å². The van der Waals surface area contributed by atoms with Crippen LogP contribution in [-0.2, 0) is 6.61 Å².